The van der Waals surface area contributed by atoms with E-state index in [0.717, 1.165) is 36.9 Å². The van der Waals surface area contributed by atoms with E-state index in [1.54, 1.807) is 0 Å². The van der Waals surface area contributed by atoms with E-state index in [2.05, 4.69) is 52.8 Å². The van der Waals surface area contributed by atoms with Gasteiger partial charge in [0.15, 0.2) is 0 Å². The van der Waals surface area contributed by atoms with Gasteiger partial charge in [0.25, 0.3) is 0 Å². The van der Waals surface area contributed by atoms with Crippen molar-refractivity contribution < 1.29 is 0 Å². The van der Waals surface area contributed by atoms with Gasteiger partial charge in [-0.3, -0.25) is 0 Å². The molecule has 0 saturated carbocycles. The van der Waals surface area contributed by atoms with Crippen molar-refractivity contribution in [1.29, 1.82) is 0 Å². The molecule has 1 N–H and O–H groups in total. The van der Waals surface area contributed by atoms with Gasteiger partial charge in [0.1, 0.15) is 5.82 Å². The first-order valence-electron chi connectivity index (χ1n) is 7.11. The summed E-state index contributed by atoms with van der Waals surface area (Å²) in [4.78, 5) is 4.74. The lowest BCUT2D eigenvalue weighted by atomic mass is 10.1. The molecule has 1 aliphatic rings. The summed E-state index contributed by atoms with van der Waals surface area (Å²) < 4.78 is 2.31. The van der Waals surface area contributed by atoms with Crippen LogP contribution < -0.4 is 5.32 Å². The zero-order valence-corrected chi connectivity index (χ0v) is 12.2. The zero-order chi connectivity index (χ0) is 13.1. The van der Waals surface area contributed by atoms with Crippen molar-refractivity contribution in [3.8, 4) is 0 Å². The molecule has 0 bridgehead atoms. The van der Waals surface area contributed by atoms with Crippen LogP contribution in [0.4, 0.5) is 0 Å². The molecule has 1 unspecified atom stereocenters. The Hall–Kier alpha value is -1.00. The van der Waals surface area contributed by atoms with E-state index in [-0.39, 0.29) is 0 Å². The van der Waals surface area contributed by atoms with Gasteiger partial charge in [-0.05, 0) is 49.4 Å². The van der Waals surface area contributed by atoms with Gasteiger partial charge in [-0.25, -0.2) is 4.98 Å². The van der Waals surface area contributed by atoms with Gasteiger partial charge in [0, 0.05) is 6.54 Å². The maximum atomic E-state index is 4.74. The van der Waals surface area contributed by atoms with Gasteiger partial charge in [0.2, 0.25) is 0 Å². The first kappa shape index (κ1) is 13.0. The van der Waals surface area contributed by atoms with Crippen LogP contribution in [-0.2, 0) is 13.1 Å². The molecule has 3 nitrogen and oxygen atoms in total. The van der Waals surface area contributed by atoms with E-state index >= 15 is 0 Å². The van der Waals surface area contributed by atoms with E-state index in [9.17, 15) is 0 Å². The van der Waals surface area contributed by atoms with Gasteiger partial charge < -0.3 is 9.88 Å². The minimum absolute atomic E-state index is 0.851. The molecule has 1 aromatic heterocycles. The number of benzene rings is 1. The van der Waals surface area contributed by atoms with Gasteiger partial charge in [0.05, 0.1) is 17.6 Å². The normalized spacial score (nSPS) is 19.3. The minimum Gasteiger partial charge on any atom is -0.327 e. The number of aromatic nitrogens is 2. The predicted octanol–water partition coefficient (Wildman–Crippen LogP) is 2.90. The molecular weight excluding hydrogens is 254 g/mol. The van der Waals surface area contributed by atoms with E-state index in [1.807, 2.05) is 0 Å². The second kappa shape index (κ2) is 5.97. The molecule has 1 fully saturated rings. The molecule has 1 aliphatic heterocycles. The van der Waals surface area contributed by atoms with Gasteiger partial charge in [-0.1, -0.05) is 12.1 Å². The molecule has 1 aromatic carbocycles. The molecule has 19 heavy (non-hydrogen) atoms. The van der Waals surface area contributed by atoms with E-state index in [0.29, 0.717) is 0 Å². The van der Waals surface area contributed by atoms with Crippen LogP contribution in [0.15, 0.2) is 24.3 Å². The Morgan fingerprint density at radius 1 is 1.42 bits per heavy atom. The highest BCUT2D eigenvalue weighted by atomic mass is 32.2. The number of aryl methyl sites for hydroxylation is 1. The van der Waals surface area contributed by atoms with Crippen LogP contribution in [0.25, 0.3) is 11.0 Å². The topological polar surface area (TPSA) is 29.9 Å². The Kier molecular flexibility index (Phi) is 4.09. The lowest BCUT2D eigenvalue weighted by Gasteiger charge is -2.10. The molecule has 0 amide bonds. The fourth-order valence-corrected chi connectivity index (χ4v) is 4.03. The highest BCUT2D eigenvalue weighted by molar-refractivity contribution is 7.99. The van der Waals surface area contributed by atoms with Crippen LogP contribution in [0, 0.1) is 5.92 Å². The predicted molar refractivity (Wildman–Crippen MR) is 82.5 cm³/mol. The van der Waals surface area contributed by atoms with Crippen LogP contribution in [-0.4, -0.2) is 27.6 Å². The number of nitrogens with zero attached hydrogens (tertiary/aromatic N) is 2. The number of fused-ring (bicyclic) bond motifs is 1. The van der Waals surface area contributed by atoms with Crippen LogP contribution in [0.2, 0.25) is 0 Å². The summed E-state index contributed by atoms with van der Waals surface area (Å²) in [7, 11) is 0. The quantitative estimate of drug-likeness (QED) is 0.910. The highest BCUT2D eigenvalue weighted by Crippen LogP contribution is 2.22. The molecule has 1 saturated heterocycles. The number of rotatable bonds is 5. The van der Waals surface area contributed by atoms with E-state index in [4.69, 9.17) is 4.98 Å². The summed E-state index contributed by atoms with van der Waals surface area (Å²) in [6.07, 6.45) is 1.36. The van der Waals surface area contributed by atoms with Crippen LogP contribution in [0.5, 0.6) is 0 Å². The summed E-state index contributed by atoms with van der Waals surface area (Å²) in [5.41, 5.74) is 2.36. The van der Waals surface area contributed by atoms with Gasteiger partial charge >= 0.3 is 0 Å². The lowest BCUT2D eigenvalue weighted by Crippen LogP contribution is -2.24. The van der Waals surface area contributed by atoms with E-state index < -0.39 is 0 Å². The third-order valence-electron chi connectivity index (χ3n) is 3.79. The van der Waals surface area contributed by atoms with Crippen LogP contribution in [0.3, 0.4) is 0 Å². The van der Waals surface area contributed by atoms with Crippen molar-refractivity contribution in [1.82, 2.24) is 14.9 Å². The second-order valence-electron chi connectivity index (χ2n) is 5.12. The molecule has 102 valence electrons. The summed E-state index contributed by atoms with van der Waals surface area (Å²) in [6, 6.07) is 8.40. The number of thioether (sulfide) groups is 1. The Bertz CT molecular complexity index is 543. The summed E-state index contributed by atoms with van der Waals surface area (Å²) in [5, 5.41) is 3.58. The maximum Gasteiger partial charge on any atom is 0.123 e. The smallest absolute Gasteiger partial charge is 0.123 e. The maximum absolute atomic E-state index is 4.74. The average molecular weight is 275 g/mol. The fourth-order valence-electron chi connectivity index (χ4n) is 2.75. The van der Waals surface area contributed by atoms with Crippen molar-refractivity contribution >= 4 is 22.8 Å². The summed E-state index contributed by atoms with van der Waals surface area (Å²) >= 11 is 2.08. The molecule has 0 radical (unpaired) electrons. The number of nitrogens with one attached hydrogen (secondary N) is 1. The Balaban J connectivity index is 1.69. The first-order chi connectivity index (χ1) is 9.38. The number of hydrogen-bond acceptors (Lipinski definition) is 3. The molecule has 0 aliphatic carbocycles. The zero-order valence-electron chi connectivity index (χ0n) is 11.4. The van der Waals surface area contributed by atoms with E-state index in [1.165, 1.54) is 23.4 Å². The Morgan fingerprint density at radius 3 is 3.11 bits per heavy atom. The molecule has 3 rings (SSSR count). The first-order valence-corrected chi connectivity index (χ1v) is 8.26. The summed E-state index contributed by atoms with van der Waals surface area (Å²) in [6.45, 7) is 5.17. The minimum atomic E-state index is 0.851. The number of para-hydroxylation sites is 2. The van der Waals surface area contributed by atoms with Crippen LogP contribution in [0.1, 0.15) is 19.2 Å². The van der Waals surface area contributed by atoms with Crippen LogP contribution >= 0.6 is 11.8 Å². The van der Waals surface area contributed by atoms with Crippen molar-refractivity contribution in [3.63, 3.8) is 0 Å². The fraction of sp³-hybridized carbons (Fsp3) is 0.533. The summed E-state index contributed by atoms with van der Waals surface area (Å²) in [5.74, 6) is 4.66. The Labute approximate surface area is 118 Å². The van der Waals surface area contributed by atoms with Gasteiger partial charge in [-0.15, -0.1) is 0 Å². The van der Waals surface area contributed by atoms with Gasteiger partial charge in [-0.2, -0.15) is 11.8 Å². The molecule has 2 heterocycles. The van der Waals surface area contributed by atoms with Crippen molar-refractivity contribution in [2.45, 2.75) is 26.4 Å². The lowest BCUT2D eigenvalue weighted by molar-refractivity contribution is 0.509. The highest BCUT2D eigenvalue weighted by Gasteiger charge is 2.15. The molecule has 1 atom stereocenters. The second-order valence-corrected chi connectivity index (χ2v) is 6.27. The molecular formula is C15H21N3S. The third-order valence-corrected chi connectivity index (χ3v) is 5.02. The number of hydrogen-bond donors (Lipinski definition) is 1. The van der Waals surface area contributed by atoms with Crippen molar-refractivity contribution in [3.05, 3.63) is 30.1 Å². The monoisotopic (exact) mass is 275 g/mol. The number of imidazole rings is 1. The Morgan fingerprint density at radius 2 is 2.32 bits per heavy atom. The average Bonchev–Trinajstić information content (AvgIpc) is 3.05. The molecule has 0 spiro atoms. The third kappa shape index (κ3) is 2.79. The molecule has 4 heteroatoms. The SMILES string of the molecule is CCn1c(CNCC2CCSC2)nc2ccccc21. The van der Waals surface area contributed by atoms with Crippen molar-refractivity contribution in [2.75, 3.05) is 18.1 Å². The molecule has 2 aromatic rings. The van der Waals surface area contributed by atoms with Crippen molar-refractivity contribution in [2.24, 2.45) is 5.92 Å². The standard InChI is InChI=1S/C15H21N3S/c1-2-18-14-6-4-3-5-13(14)17-15(18)10-16-9-12-7-8-19-11-12/h3-6,12,16H,2,7-11H2,1H3. The largest absolute Gasteiger partial charge is 0.327 e.